The minimum absolute atomic E-state index is 0.369. The van der Waals surface area contributed by atoms with Crippen LogP contribution in [0.4, 0.5) is 0 Å². The molecule has 0 fully saturated rings. The van der Waals surface area contributed by atoms with Gasteiger partial charge >= 0.3 is 0 Å². The first-order valence-electron chi connectivity index (χ1n) is 18.9. The normalized spacial score (nSPS) is 11.7. The molecule has 0 N–H and O–H groups in total. The third kappa shape index (κ3) is 6.16. The summed E-state index contributed by atoms with van der Waals surface area (Å²) >= 11 is 3.10. The van der Waals surface area contributed by atoms with Crippen LogP contribution >= 0.6 is 22.7 Å². The van der Waals surface area contributed by atoms with Gasteiger partial charge in [0.15, 0.2) is 39.5 Å². The minimum atomic E-state index is 0.369. The van der Waals surface area contributed by atoms with Crippen LogP contribution in [-0.4, -0.2) is 44.9 Å². The number of rotatable bonds is 7. The largest absolute Gasteiger partial charge is 0.436 e. The van der Waals surface area contributed by atoms with Crippen molar-refractivity contribution >= 4 is 65.3 Å². The topological polar surface area (TPSA) is 142 Å². The van der Waals surface area contributed by atoms with E-state index in [1.807, 2.05) is 146 Å². The van der Waals surface area contributed by atoms with Gasteiger partial charge in [-0.25, -0.2) is 44.9 Å². The van der Waals surface area contributed by atoms with E-state index >= 15 is 0 Å². The Kier molecular flexibility index (Phi) is 7.92. The van der Waals surface area contributed by atoms with E-state index < -0.39 is 0 Å². The van der Waals surface area contributed by atoms with Crippen LogP contribution < -0.4 is 0 Å². The van der Waals surface area contributed by atoms with Gasteiger partial charge in [-0.1, -0.05) is 72.8 Å². The summed E-state index contributed by atoms with van der Waals surface area (Å²) < 4.78 is 14.2. The molecule has 0 aliphatic rings. The molecule has 0 aliphatic heterocycles. The van der Waals surface area contributed by atoms with E-state index in [0.29, 0.717) is 51.5 Å². The summed E-state index contributed by atoms with van der Waals surface area (Å²) in [4.78, 5) is 44.5. The molecule has 0 bridgehead atoms. The van der Waals surface area contributed by atoms with Crippen molar-refractivity contribution in [2.24, 2.45) is 0 Å². The summed E-state index contributed by atoms with van der Waals surface area (Å²) in [7, 11) is 0. The highest BCUT2D eigenvalue weighted by Crippen LogP contribution is 2.36. The number of fused-ring (bicyclic) bond motifs is 4. The lowest BCUT2D eigenvalue weighted by Gasteiger charge is -2.10. The molecule has 11 nitrogen and oxygen atoms in total. The quantitative estimate of drug-likeness (QED) is 0.152. The maximum atomic E-state index is 6.06. The highest BCUT2D eigenvalue weighted by Gasteiger charge is 2.20. The van der Waals surface area contributed by atoms with Crippen LogP contribution in [0.5, 0.6) is 0 Å². The highest BCUT2D eigenvalue weighted by atomic mass is 32.1. The summed E-state index contributed by atoms with van der Waals surface area (Å²) in [5.41, 5.74) is 9.17. The Balaban J connectivity index is 1.01. The maximum absolute atomic E-state index is 6.06. The van der Waals surface area contributed by atoms with Gasteiger partial charge in [-0.05, 0) is 78.9 Å². The average molecular weight is 812 g/mol. The van der Waals surface area contributed by atoms with Gasteiger partial charge in [0.25, 0.3) is 0 Å². The molecule has 60 heavy (non-hydrogen) atoms. The molecule has 0 saturated heterocycles. The molecule has 6 aromatic heterocycles. The van der Waals surface area contributed by atoms with Crippen molar-refractivity contribution in [3.63, 3.8) is 0 Å². The smallest absolute Gasteiger partial charge is 0.227 e. The van der Waals surface area contributed by atoms with E-state index in [1.54, 1.807) is 11.3 Å². The molecule has 13 heteroatoms. The molecule has 6 aromatic carbocycles. The van der Waals surface area contributed by atoms with Gasteiger partial charge < -0.3 is 8.83 Å². The first-order valence-corrected chi connectivity index (χ1v) is 20.6. The highest BCUT2D eigenvalue weighted by molar-refractivity contribution is 7.22. The van der Waals surface area contributed by atoms with E-state index in [2.05, 4.69) is 16.0 Å². The van der Waals surface area contributed by atoms with Crippen molar-refractivity contribution in [3.8, 4) is 78.7 Å². The zero-order valence-corrected chi connectivity index (χ0v) is 32.7. The zero-order chi connectivity index (χ0) is 39.6. The Morgan fingerprint density at radius 2 is 0.750 bits per heavy atom. The Labute approximate surface area is 347 Å². The number of thiazole rings is 2. The summed E-state index contributed by atoms with van der Waals surface area (Å²) in [5, 5.41) is 1.43. The number of benzene rings is 6. The van der Waals surface area contributed by atoms with Crippen LogP contribution in [0.15, 0.2) is 160 Å². The van der Waals surface area contributed by atoms with Crippen molar-refractivity contribution in [2.75, 3.05) is 0 Å². The number of oxazole rings is 2. The predicted octanol–water partition coefficient (Wildman–Crippen LogP) is 11.8. The van der Waals surface area contributed by atoms with Crippen molar-refractivity contribution < 1.29 is 8.83 Å². The van der Waals surface area contributed by atoms with Gasteiger partial charge in [0.05, 0.1) is 20.4 Å². The van der Waals surface area contributed by atoms with Crippen LogP contribution in [0.2, 0.25) is 0 Å². The average Bonchev–Trinajstić information content (AvgIpc) is 4.13. The lowest BCUT2D eigenvalue weighted by atomic mass is 10.1. The molecule has 0 spiro atoms. The molecule has 0 atom stereocenters. The van der Waals surface area contributed by atoms with Gasteiger partial charge in [0.1, 0.15) is 27.4 Å². The first-order chi connectivity index (χ1) is 29.6. The third-order valence-corrected chi connectivity index (χ3v) is 12.0. The molecule has 12 aromatic rings. The van der Waals surface area contributed by atoms with Crippen LogP contribution in [0.3, 0.4) is 0 Å². The molecule has 6 heterocycles. The van der Waals surface area contributed by atoms with Gasteiger partial charge in [-0.2, -0.15) is 0 Å². The van der Waals surface area contributed by atoms with Gasteiger partial charge in [0.2, 0.25) is 11.8 Å². The van der Waals surface area contributed by atoms with Crippen LogP contribution in [-0.2, 0) is 0 Å². The molecule has 0 aliphatic carbocycles. The molecule has 0 saturated carbocycles. The van der Waals surface area contributed by atoms with E-state index in [0.717, 1.165) is 69.9 Å². The number of para-hydroxylation sites is 6. The van der Waals surface area contributed by atoms with Crippen LogP contribution in [0.1, 0.15) is 0 Å². The lowest BCUT2D eigenvalue weighted by molar-refractivity contribution is 0.619. The Bertz CT molecular complexity index is 3210. The second kappa shape index (κ2) is 13.9. The van der Waals surface area contributed by atoms with Crippen molar-refractivity contribution in [3.05, 3.63) is 152 Å². The Hall–Kier alpha value is -7.87. The molecular weight excluding hydrogens is 787 g/mol. The predicted molar refractivity (Wildman–Crippen MR) is 235 cm³/mol. The number of hydrogen-bond acceptors (Lipinski definition) is 13. The fourth-order valence-corrected chi connectivity index (χ4v) is 8.81. The lowest BCUT2D eigenvalue weighted by Crippen LogP contribution is -2.03. The molecule has 12 rings (SSSR count). The number of nitrogens with zero attached hydrogens (tertiary/aromatic N) is 9. The Morgan fingerprint density at radius 3 is 1.28 bits per heavy atom. The van der Waals surface area contributed by atoms with Crippen LogP contribution in [0, 0.1) is 0 Å². The SMILES string of the molecule is c1ccc2oc(-c3ccc(-c4nc(-c5ccc(-c6nc7ccccc7o6)cc5)nc(-c5cc(-c6nc7ccccc7s6)nc(-c6nc7ccccc7s6)n5)n4)cc3)nc2c1. The van der Waals surface area contributed by atoms with Crippen LogP contribution in [0.25, 0.3) is 121 Å². The third-order valence-electron chi connectivity index (χ3n) is 9.96. The monoisotopic (exact) mass is 811 g/mol. The van der Waals surface area contributed by atoms with Gasteiger partial charge in [0, 0.05) is 22.3 Å². The van der Waals surface area contributed by atoms with Crippen molar-refractivity contribution in [1.29, 1.82) is 0 Å². The number of hydrogen-bond donors (Lipinski definition) is 0. The van der Waals surface area contributed by atoms with E-state index in [9.17, 15) is 0 Å². The summed E-state index contributed by atoms with van der Waals surface area (Å²) in [6.07, 6.45) is 0. The van der Waals surface area contributed by atoms with Gasteiger partial charge in [-0.3, -0.25) is 0 Å². The maximum Gasteiger partial charge on any atom is 0.227 e. The summed E-state index contributed by atoms with van der Waals surface area (Å²) in [6.45, 7) is 0. The molecule has 0 radical (unpaired) electrons. The zero-order valence-electron chi connectivity index (χ0n) is 31.1. The molecule has 0 amide bonds. The first kappa shape index (κ1) is 34.2. The molecule has 282 valence electrons. The fraction of sp³-hybridized carbons (Fsp3) is 0. The standard InChI is InChI=1S/C47H25N9O2S2/c1-5-13-36-30(9-1)50-44(57-36)28-21-17-26(18-22-28)40-54-41(27-19-23-29(24-20-27)45-51-31-10-2-6-14-37(31)58-45)56-42(55-40)34-25-35(46-52-32-11-3-7-15-38(32)59-46)49-43(48-34)47-53-33-12-4-8-16-39(33)60-47/h1-25H. The Morgan fingerprint density at radius 1 is 0.317 bits per heavy atom. The van der Waals surface area contributed by atoms with Crippen molar-refractivity contribution in [2.45, 2.75) is 0 Å². The number of aromatic nitrogens is 9. The van der Waals surface area contributed by atoms with E-state index in [1.165, 1.54) is 11.3 Å². The molecule has 0 unspecified atom stereocenters. The van der Waals surface area contributed by atoms with Crippen molar-refractivity contribution in [1.82, 2.24) is 44.9 Å². The second-order valence-corrected chi connectivity index (χ2v) is 15.9. The van der Waals surface area contributed by atoms with E-state index in [-0.39, 0.29) is 0 Å². The van der Waals surface area contributed by atoms with E-state index in [4.69, 9.17) is 43.7 Å². The second-order valence-electron chi connectivity index (χ2n) is 13.9. The minimum Gasteiger partial charge on any atom is -0.436 e. The molecular formula is C47H25N9O2S2. The fourth-order valence-electron chi connectivity index (χ4n) is 6.98. The summed E-state index contributed by atoms with van der Waals surface area (Å²) in [5.74, 6) is 2.81. The van der Waals surface area contributed by atoms with Gasteiger partial charge in [-0.15, -0.1) is 22.7 Å². The summed E-state index contributed by atoms with van der Waals surface area (Å²) in [6, 6.07) is 49.1.